The number of halogens is 1. The van der Waals surface area contributed by atoms with E-state index < -0.39 is 0 Å². The number of nitrogens with zero attached hydrogens (tertiary/aromatic N) is 3. The van der Waals surface area contributed by atoms with Gasteiger partial charge in [-0.1, -0.05) is 29.8 Å². The molecule has 34 heavy (non-hydrogen) atoms. The number of carbonyl (C=O) groups excluding carboxylic acids is 2. The van der Waals surface area contributed by atoms with Gasteiger partial charge in [-0.15, -0.1) is 0 Å². The SMILES string of the molecule is CCN(CC)C(=O)c1ccc(NC2CN(C3CCN(C(=O)CC4=CCCC=C4)CC3)C2)cc1Cl. The number of hydrogen-bond donors (Lipinski definition) is 1. The Bertz CT molecular complexity index is 942. The number of benzene rings is 1. The second-order valence-electron chi connectivity index (χ2n) is 9.51. The summed E-state index contributed by atoms with van der Waals surface area (Å²) in [4.78, 5) is 31.6. The molecule has 4 rings (SSSR count). The molecule has 1 aromatic rings. The van der Waals surface area contributed by atoms with Crippen molar-refractivity contribution in [3.8, 4) is 0 Å². The van der Waals surface area contributed by atoms with E-state index in [-0.39, 0.29) is 11.8 Å². The van der Waals surface area contributed by atoms with E-state index in [1.807, 2.05) is 36.9 Å². The summed E-state index contributed by atoms with van der Waals surface area (Å²) in [5.41, 5.74) is 2.68. The fraction of sp³-hybridized carbons (Fsp3) is 0.556. The van der Waals surface area contributed by atoms with E-state index >= 15 is 0 Å². The Kier molecular flexibility index (Phi) is 8.32. The molecule has 2 saturated heterocycles. The monoisotopic (exact) mass is 484 g/mol. The van der Waals surface area contributed by atoms with E-state index in [1.54, 1.807) is 4.90 Å². The highest BCUT2D eigenvalue weighted by Crippen LogP contribution is 2.27. The van der Waals surface area contributed by atoms with Gasteiger partial charge in [0.25, 0.3) is 5.91 Å². The highest BCUT2D eigenvalue weighted by molar-refractivity contribution is 6.34. The van der Waals surface area contributed by atoms with E-state index in [2.05, 4.69) is 28.4 Å². The Labute approximate surface area is 208 Å². The predicted molar refractivity (Wildman–Crippen MR) is 138 cm³/mol. The number of rotatable bonds is 8. The van der Waals surface area contributed by atoms with Crippen LogP contribution in [-0.4, -0.2) is 77.9 Å². The maximum atomic E-state index is 12.6. The van der Waals surface area contributed by atoms with Crippen molar-refractivity contribution in [2.24, 2.45) is 0 Å². The summed E-state index contributed by atoms with van der Waals surface area (Å²) in [5.74, 6) is 0.243. The lowest BCUT2D eigenvalue weighted by Crippen LogP contribution is -2.60. The molecule has 3 aliphatic rings. The number of nitrogens with one attached hydrogen (secondary N) is 1. The molecule has 184 valence electrons. The van der Waals surface area contributed by atoms with E-state index in [4.69, 9.17) is 11.6 Å². The van der Waals surface area contributed by atoms with Crippen LogP contribution in [0.5, 0.6) is 0 Å². The molecular formula is C27H37ClN4O2. The molecule has 0 radical (unpaired) electrons. The highest BCUT2D eigenvalue weighted by Gasteiger charge is 2.35. The molecule has 1 N–H and O–H groups in total. The fourth-order valence-corrected chi connectivity index (χ4v) is 5.42. The molecule has 2 fully saturated rings. The summed E-state index contributed by atoms with van der Waals surface area (Å²) < 4.78 is 0. The number of allylic oxidation sites excluding steroid dienone is 3. The fourth-order valence-electron chi connectivity index (χ4n) is 5.16. The molecule has 2 aliphatic heterocycles. The Balaban J connectivity index is 1.20. The van der Waals surface area contributed by atoms with Gasteiger partial charge >= 0.3 is 0 Å². The molecule has 1 aromatic carbocycles. The first-order chi connectivity index (χ1) is 16.5. The first-order valence-electron chi connectivity index (χ1n) is 12.7. The van der Waals surface area contributed by atoms with Crippen LogP contribution in [-0.2, 0) is 4.79 Å². The Morgan fingerprint density at radius 2 is 1.85 bits per heavy atom. The summed E-state index contributed by atoms with van der Waals surface area (Å²) in [6.07, 6.45) is 11.2. The largest absolute Gasteiger partial charge is 0.380 e. The Morgan fingerprint density at radius 1 is 1.12 bits per heavy atom. The minimum atomic E-state index is -0.0203. The van der Waals surface area contributed by atoms with Gasteiger partial charge in [0.2, 0.25) is 5.91 Å². The number of likely N-dealkylation sites (tertiary alicyclic amines) is 2. The first-order valence-corrected chi connectivity index (χ1v) is 13.1. The molecule has 7 heteroatoms. The molecule has 0 spiro atoms. The van der Waals surface area contributed by atoms with Crippen LogP contribution in [0.15, 0.2) is 42.0 Å². The van der Waals surface area contributed by atoms with Crippen molar-refractivity contribution in [1.29, 1.82) is 0 Å². The summed E-state index contributed by atoms with van der Waals surface area (Å²) in [6.45, 7) is 8.99. The van der Waals surface area contributed by atoms with Crippen molar-refractivity contribution in [2.45, 2.75) is 58.0 Å². The van der Waals surface area contributed by atoms with Crippen LogP contribution in [0, 0.1) is 0 Å². The van der Waals surface area contributed by atoms with Crippen molar-refractivity contribution in [3.05, 3.63) is 52.6 Å². The molecular weight excluding hydrogens is 448 g/mol. The van der Waals surface area contributed by atoms with E-state index in [9.17, 15) is 9.59 Å². The lowest BCUT2D eigenvalue weighted by Gasteiger charge is -2.47. The molecule has 2 heterocycles. The van der Waals surface area contributed by atoms with Crippen LogP contribution in [0.2, 0.25) is 5.02 Å². The number of anilines is 1. The highest BCUT2D eigenvalue weighted by atomic mass is 35.5. The van der Waals surface area contributed by atoms with Gasteiger partial charge in [-0.05, 0) is 63.3 Å². The molecule has 0 aromatic heterocycles. The van der Waals surface area contributed by atoms with E-state index in [0.29, 0.717) is 42.2 Å². The lowest BCUT2D eigenvalue weighted by atomic mass is 9.96. The second kappa shape index (κ2) is 11.4. The summed E-state index contributed by atoms with van der Waals surface area (Å²) in [5, 5.41) is 4.05. The third kappa shape index (κ3) is 5.84. The van der Waals surface area contributed by atoms with E-state index in [0.717, 1.165) is 57.5 Å². The molecule has 0 saturated carbocycles. The maximum Gasteiger partial charge on any atom is 0.255 e. The molecule has 1 aliphatic carbocycles. The van der Waals surface area contributed by atoms with Crippen LogP contribution in [0.3, 0.4) is 0 Å². The number of hydrogen-bond acceptors (Lipinski definition) is 4. The van der Waals surface area contributed by atoms with Gasteiger partial charge in [0.05, 0.1) is 23.0 Å². The molecule has 6 nitrogen and oxygen atoms in total. The van der Waals surface area contributed by atoms with Crippen molar-refractivity contribution < 1.29 is 9.59 Å². The number of amides is 2. The van der Waals surface area contributed by atoms with Gasteiger partial charge in [-0.3, -0.25) is 14.5 Å². The summed E-state index contributed by atoms with van der Waals surface area (Å²) >= 11 is 6.44. The molecule has 2 amide bonds. The topological polar surface area (TPSA) is 55.9 Å². The van der Waals surface area contributed by atoms with Gasteiger partial charge < -0.3 is 15.1 Å². The zero-order valence-corrected chi connectivity index (χ0v) is 21.2. The second-order valence-corrected chi connectivity index (χ2v) is 9.92. The van der Waals surface area contributed by atoms with Crippen LogP contribution in [0.1, 0.15) is 56.3 Å². The van der Waals surface area contributed by atoms with Crippen LogP contribution in [0.4, 0.5) is 5.69 Å². The molecule has 0 unspecified atom stereocenters. The van der Waals surface area contributed by atoms with Crippen LogP contribution < -0.4 is 5.32 Å². The Morgan fingerprint density at radius 3 is 2.47 bits per heavy atom. The van der Waals surface area contributed by atoms with Crippen molar-refractivity contribution >= 4 is 29.1 Å². The Hall–Kier alpha value is -2.31. The first kappa shape index (κ1) is 24.8. The maximum absolute atomic E-state index is 12.6. The van der Waals surface area contributed by atoms with Gasteiger partial charge in [-0.25, -0.2) is 0 Å². The van der Waals surface area contributed by atoms with Crippen molar-refractivity contribution in [2.75, 3.05) is 44.6 Å². The van der Waals surface area contributed by atoms with Gasteiger partial charge in [0.15, 0.2) is 0 Å². The smallest absolute Gasteiger partial charge is 0.255 e. The van der Waals surface area contributed by atoms with Crippen molar-refractivity contribution in [1.82, 2.24) is 14.7 Å². The van der Waals surface area contributed by atoms with Gasteiger partial charge in [-0.2, -0.15) is 0 Å². The predicted octanol–water partition coefficient (Wildman–Crippen LogP) is 4.58. The normalized spacial score (nSPS) is 19.5. The zero-order valence-electron chi connectivity index (χ0n) is 20.4. The average Bonchev–Trinajstić information content (AvgIpc) is 2.82. The molecule has 0 bridgehead atoms. The van der Waals surface area contributed by atoms with Gasteiger partial charge in [0, 0.05) is 51.0 Å². The lowest BCUT2D eigenvalue weighted by molar-refractivity contribution is -0.132. The minimum absolute atomic E-state index is 0.0203. The third-order valence-electron chi connectivity index (χ3n) is 7.29. The summed E-state index contributed by atoms with van der Waals surface area (Å²) in [7, 11) is 0. The number of carbonyl (C=O) groups is 2. The van der Waals surface area contributed by atoms with Gasteiger partial charge in [0.1, 0.15) is 0 Å². The van der Waals surface area contributed by atoms with Crippen molar-refractivity contribution in [3.63, 3.8) is 0 Å². The zero-order chi connectivity index (χ0) is 24.1. The van der Waals surface area contributed by atoms with Crippen LogP contribution in [0.25, 0.3) is 0 Å². The quantitative estimate of drug-likeness (QED) is 0.587. The molecule has 0 atom stereocenters. The standard InChI is InChI=1S/C27H37ClN4O2/c1-3-30(4-2)27(34)24-11-10-21(17-25(24)28)29-22-18-32(19-22)23-12-14-31(15-13-23)26(33)16-20-8-6-5-7-9-20/h6,8-11,17,22-23,29H,3-5,7,12-16,18-19H2,1-2H3. The average molecular weight is 485 g/mol. The minimum Gasteiger partial charge on any atom is -0.380 e. The summed E-state index contributed by atoms with van der Waals surface area (Å²) in [6, 6.07) is 6.57. The van der Waals surface area contributed by atoms with Crippen LogP contribution >= 0.6 is 11.6 Å². The number of piperidine rings is 1. The van der Waals surface area contributed by atoms with E-state index in [1.165, 1.54) is 5.57 Å². The third-order valence-corrected chi connectivity index (χ3v) is 7.60.